The van der Waals surface area contributed by atoms with Crippen LogP contribution < -0.4 is 14.2 Å². The summed E-state index contributed by atoms with van der Waals surface area (Å²) in [6.07, 6.45) is 32.9. The van der Waals surface area contributed by atoms with E-state index in [0.29, 0.717) is 19.8 Å². The molecule has 1 N–H and O–H groups in total. The van der Waals surface area contributed by atoms with Crippen molar-refractivity contribution in [1.82, 2.24) is 0 Å². The molecule has 332 valence electrons. The van der Waals surface area contributed by atoms with Crippen molar-refractivity contribution in [2.75, 3.05) is 19.8 Å². The van der Waals surface area contributed by atoms with Crippen molar-refractivity contribution in [2.45, 2.75) is 209 Å². The Morgan fingerprint density at radius 2 is 0.593 bits per heavy atom. The van der Waals surface area contributed by atoms with Gasteiger partial charge in [-0.25, -0.2) is 4.79 Å². The molecule has 7 heteroatoms. The van der Waals surface area contributed by atoms with E-state index in [1.165, 1.54) is 154 Å². The molecule has 59 heavy (non-hydrogen) atoms. The van der Waals surface area contributed by atoms with Crippen molar-refractivity contribution in [3.8, 4) is 17.2 Å². The van der Waals surface area contributed by atoms with Gasteiger partial charge in [0.25, 0.3) is 0 Å². The van der Waals surface area contributed by atoms with Crippen LogP contribution in [0, 0.1) is 0 Å². The molecule has 0 aliphatic heterocycles. The average Bonchev–Trinajstić information content (AvgIpc) is 3.25. The minimum atomic E-state index is -2.68. The molecular formula is C52H82O6S. The molecule has 0 aromatic heterocycles. The Kier molecular flexibility index (Phi) is 27.5. The lowest BCUT2D eigenvalue weighted by atomic mass is 10.1. The van der Waals surface area contributed by atoms with Gasteiger partial charge >= 0.3 is 6.16 Å². The van der Waals surface area contributed by atoms with Crippen LogP contribution in [0.2, 0.25) is 0 Å². The second kappa shape index (κ2) is 32.5. The third-order valence-corrected chi connectivity index (χ3v) is 14.4. The zero-order valence-corrected chi connectivity index (χ0v) is 38.4. The molecule has 0 saturated heterocycles. The molecule has 0 aliphatic rings. The van der Waals surface area contributed by atoms with Crippen LogP contribution in [0.1, 0.15) is 194 Å². The maximum absolute atomic E-state index is 12.6. The largest absolute Gasteiger partial charge is 0.517 e. The summed E-state index contributed by atoms with van der Waals surface area (Å²) in [5.74, 6) is 2.33. The smallest absolute Gasteiger partial charge is 0.494 e. The molecule has 0 aliphatic carbocycles. The summed E-state index contributed by atoms with van der Waals surface area (Å²) in [7, 11) is -2.68. The van der Waals surface area contributed by atoms with Gasteiger partial charge in [0.1, 0.15) is 17.2 Å². The maximum atomic E-state index is 12.6. The van der Waals surface area contributed by atoms with Gasteiger partial charge in [0.05, 0.1) is 19.8 Å². The summed E-state index contributed by atoms with van der Waals surface area (Å²) in [5.41, 5.74) is 0. The normalized spacial score (nSPS) is 11.7. The van der Waals surface area contributed by atoms with Crippen molar-refractivity contribution in [3.63, 3.8) is 0 Å². The highest BCUT2D eigenvalue weighted by atomic mass is 32.3. The average molecular weight is 835 g/mol. The van der Waals surface area contributed by atoms with E-state index in [4.69, 9.17) is 18.4 Å². The van der Waals surface area contributed by atoms with E-state index in [9.17, 15) is 9.90 Å². The summed E-state index contributed by atoms with van der Waals surface area (Å²) in [4.78, 5) is 14.9. The van der Waals surface area contributed by atoms with Crippen molar-refractivity contribution >= 4 is 16.5 Å². The number of carboxylic acid groups (broad SMARTS) is 1. The molecule has 0 saturated carbocycles. The fourth-order valence-corrected chi connectivity index (χ4v) is 10.5. The highest BCUT2D eigenvalue weighted by Crippen LogP contribution is 2.69. The topological polar surface area (TPSA) is 74.2 Å². The van der Waals surface area contributed by atoms with Crippen molar-refractivity contribution in [2.24, 2.45) is 0 Å². The first kappa shape index (κ1) is 50.0. The van der Waals surface area contributed by atoms with Crippen LogP contribution in [0.15, 0.2) is 87.5 Å². The monoisotopic (exact) mass is 835 g/mol. The van der Waals surface area contributed by atoms with E-state index in [2.05, 4.69) is 20.8 Å². The zero-order chi connectivity index (χ0) is 42.1. The molecule has 3 aromatic rings. The van der Waals surface area contributed by atoms with Gasteiger partial charge in [-0.3, -0.25) is 0 Å². The summed E-state index contributed by atoms with van der Waals surface area (Å²) >= 11 is 0. The van der Waals surface area contributed by atoms with Gasteiger partial charge in [-0.2, -0.15) is 0 Å². The van der Waals surface area contributed by atoms with Gasteiger partial charge in [-0.1, -0.05) is 175 Å². The number of ether oxygens (including phenoxy) is 3. The Hall–Kier alpha value is -3.32. The Labute approximate surface area is 362 Å². The van der Waals surface area contributed by atoms with E-state index < -0.39 is 16.5 Å². The molecule has 3 rings (SSSR count). The predicted molar refractivity (Wildman–Crippen MR) is 249 cm³/mol. The van der Waals surface area contributed by atoms with Crippen molar-refractivity contribution in [1.29, 1.82) is 0 Å². The molecule has 0 heterocycles. The van der Waals surface area contributed by atoms with E-state index in [0.717, 1.165) is 51.2 Å². The molecule has 0 spiro atoms. The van der Waals surface area contributed by atoms with Crippen LogP contribution in [-0.2, 0) is 4.18 Å². The number of hydrogen-bond donors (Lipinski definition) is 1. The lowest BCUT2D eigenvalue weighted by Gasteiger charge is -2.38. The lowest BCUT2D eigenvalue weighted by molar-refractivity contribution is 0.150. The molecular weight excluding hydrogens is 753 g/mol. The Morgan fingerprint density at radius 3 is 0.814 bits per heavy atom. The third kappa shape index (κ3) is 20.7. The highest BCUT2D eigenvalue weighted by Gasteiger charge is 2.36. The first-order chi connectivity index (χ1) is 29.0. The number of benzene rings is 3. The van der Waals surface area contributed by atoms with Crippen molar-refractivity contribution in [3.05, 3.63) is 72.8 Å². The van der Waals surface area contributed by atoms with Crippen LogP contribution in [0.5, 0.6) is 17.2 Å². The minimum Gasteiger partial charge on any atom is -0.494 e. The SMILES string of the molecule is CCCCCCCCCCCOc1ccc(S(OC(=O)O)(c2ccc(OCCCCCCCCCCC)cc2)c2ccc(OCCCCCCCCCCC)cc2)cc1. The molecule has 0 unspecified atom stereocenters. The highest BCUT2D eigenvalue weighted by molar-refractivity contribution is 8.30. The number of unbranched alkanes of at least 4 members (excludes halogenated alkanes) is 24. The second-order valence-electron chi connectivity index (χ2n) is 16.4. The van der Waals surface area contributed by atoms with Gasteiger partial charge in [0.2, 0.25) is 0 Å². The molecule has 0 bridgehead atoms. The Balaban J connectivity index is 1.67. The lowest BCUT2D eigenvalue weighted by Crippen LogP contribution is -2.12. The molecule has 0 atom stereocenters. The first-order valence-corrected chi connectivity index (χ1v) is 25.5. The molecule has 0 amide bonds. The van der Waals surface area contributed by atoms with E-state index >= 15 is 0 Å². The molecule has 3 aromatic carbocycles. The summed E-state index contributed by atoms with van der Waals surface area (Å²) in [6.45, 7) is 8.78. The van der Waals surface area contributed by atoms with Gasteiger partial charge in [0, 0.05) is 14.7 Å². The van der Waals surface area contributed by atoms with Gasteiger partial charge in [0.15, 0.2) is 0 Å². The Morgan fingerprint density at radius 1 is 0.373 bits per heavy atom. The van der Waals surface area contributed by atoms with E-state index in [1.54, 1.807) is 0 Å². The number of carbonyl (C=O) groups is 1. The summed E-state index contributed by atoms with van der Waals surface area (Å²) in [5, 5.41) is 10.3. The van der Waals surface area contributed by atoms with Crippen LogP contribution in [0.25, 0.3) is 0 Å². The molecule has 6 nitrogen and oxygen atoms in total. The van der Waals surface area contributed by atoms with Gasteiger partial charge in [-0.15, -0.1) is 0 Å². The number of hydrogen-bond acceptors (Lipinski definition) is 5. The summed E-state index contributed by atoms with van der Waals surface area (Å²) in [6, 6.07) is 23.5. The zero-order valence-electron chi connectivity index (χ0n) is 37.5. The summed E-state index contributed by atoms with van der Waals surface area (Å²) < 4.78 is 24.6. The van der Waals surface area contributed by atoms with Crippen LogP contribution in [0.3, 0.4) is 0 Å². The Bertz CT molecular complexity index is 1280. The fourth-order valence-electron chi connectivity index (χ4n) is 7.65. The predicted octanol–water partition coefficient (Wildman–Crippen LogP) is 17.3. The van der Waals surface area contributed by atoms with Crippen LogP contribution >= 0.6 is 10.3 Å². The van der Waals surface area contributed by atoms with E-state index in [1.807, 2.05) is 72.8 Å². The number of rotatable bonds is 37. The molecule has 0 fully saturated rings. The second-order valence-corrected chi connectivity index (χ2v) is 19.0. The third-order valence-electron chi connectivity index (χ3n) is 11.2. The standard InChI is InChI=1S/C52H82O6S/c1-4-7-10-13-16-19-22-25-28-43-55-46-31-37-49(38-32-46)59(58-52(53)54,50-39-33-47(34-40-50)56-44-29-26-23-20-17-14-11-8-5-2)51-41-35-48(36-42-51)57-45-30-27-24-21-18-15-12-9-6-3/h31-42H,4-30,43-45H2,1-3H3,(H,53,54). The van der Waals surface area contributed by atoms with Crippen molar-refractivity contribution < 1.29 is 28.3 Å². The quantitative estimate of drug-likeness (QED) is 0.0583. The minimum absolute atomic E-state index is 0.666. The van der Waals surface area contributed by atoms with Crippen LogP contribution in [0.4, 0.5) is 4.79 Å². The maximum Gasteiger partial charge on any atom is 0.517 e. The van der Waals surface area contributed by atoms with Crippen LogP contribution in [-0.4, -0.2) is 31.1 Å². The first-order valence-electron chi connectivity index (χ1n) is 24.0. The molecule has 0 radical (unpaired) electrons. The van der Waals surface area contributed by atoms with E-state index in [-0.39, 0.29) is 0 Å². The van der Waals surface area contributed by atoms with Gasteiger partial charge < -0.3 is 23.5 Å². The fraction of sp³-hybridized carbons (Fsp3) is 0.635. The van der Waals surface area contributed by atoms with Gasteiger partial charge in [-0.05, 0) is 102 Å².